The zero-order valence-corrected chi connectivity index (χ0v) is 27.8. The minimum absolute atomic E-state index is 0.0226. The summed E-state index contributed by atoms with van der Waals surface area (Å²) >= 11 is 1.41. The fourth-order valence-electron chi connectivity index (χ4n) is 4.85. The number of unbranched alkanes of at least 4 members (excludes halogenated alkanes) is 1. The smallest absolute Gasteiger partial charge is 0.355 e. The highest BCUT2D eigenvalue weighted by atomic mass is 32.2. The molecule has 0 amide bonds. The number of hydrogen-bond donors (Lipinski definition) is 3. The number of carboxylic acid groups (broad SMARTS) is 3. The molecular formula is C34H34N4O8S2. The Labute approximate surface area is 281 Å². The lowest BCUT2D eigenvalue weighted by atomic mass is 9.99. The molecule has 250 valence electrons. The average Bonchev–Trinajstić information content (AvgIpc) is 3.70. The molecule has 0 aliphatic heterocycles. The third-order valence-corrected chi connectivity index (χ3v) is 9.65. The first-order valence-corrected chi connectivity index (χ1v) is 17.3. The van der Waals surface area contributed by atoms with Crippen LogP contribution in [0.4, 0.5) is 0 Å². The molecular weight excluding hydrogens is 657 g/mol. The van der Waals surface area contributed by atoms with Crippen LogP contribution in [0.1, 0.15) is 69.4 Å². The maximum Gasteiger partial charge on any atom is 0.355 e. The minimum atomic E-state index is -4.16. The molecule has 0 saturated heterocycles. The third-order valence-electron chi connectivity index (χ3n) is 7.14. The first kappa shape index (κ1) is 35.6. The summed E-state index contributed by atoms with van der Waals surface area (Å²) in [5.74, 6) is -2.14. The Morgan fingerprint density at radius 3 is 2.10 bits per heavy atom. The average molecular weight is 691 g/mol. The fourth-order valence-corrected chi connectivity index (χ4v) is 6.93. The predicted octanol–water partition coefficient (Wildman–Crippen LogP) is 6.27. The Morgan fingerprint density at radius 2 is 1.50 bits per heavy atom. The molecule has 5 aromatic rings. The summed E-state index contributed by atoms with van der Waals surface area (Å²) < 4.78 is 29.7. The van der Waals surface area contributed by atoms with Crippen molar-refractivity contribution in [3.05, 3.63) is 120 Å². The number of aryl methyl sites for hydroxylation is 1. The minimum Gasteiger partial charge on any atom is -0.478 e. The predicted molar refractivity (Wildman–Crippen MR) is 180 cm³/mol. The van der Waals surface area contributed by atoms with E-state index in [2.05, 4.69) is 9.97 Å². The number of rotatable bonds is 13. The van der Waals surface area contributed by atoms with E-state index in [0.717, 1.165) is 17.7 Å². The largest absolute Gasteiger partial charge is 0.478 e. The first-order valence-electron chi connectivity index (χ1n) is 14.9. The zero-order valence-electron chi connectivity index (χ0n) is 26.2. The lowest BCUT2D eigenvalue weighted by Crippen LogP contribution is -2.15. The maximum absolute atomic E-state index is 13.4. The van der Waals surface area contributed by atoms with E-state index < -0.39 is 32.8 Å². The van der Waals surface area contributed by atoms with Gasteiger partial charge >= 0.3 is 17.9 Å². The summed E-state index contributed by atoms with van der Waals surface area (Å²) in [7, 11) is -4.16. The molecule has 3 N–H and O–H groups in total. The summed E-state index contributed by atoms with van der Waals surface area (Å²) in [5, 5.41) is 27.7. The molecule has 14 heteroatoms. The number of aromatic nitrogens is 4. The van der Waals surface area contributed by atoms with Gasteiger partial charge in [0.15, 0.2) is 16.4 Å². The lowest BCUT2D eigenvalue weighted by molar-refractivity contribution is 0.0673. The molecule has 0 spiro atoms. The summed E-state index contributed by atoms with van der Waals surface area (Å²) in [6, 6.07) is 21.4. The van der Waals surface area contributed by atoms with Crippen LogP contribution in [0.3, 0.4) is 0 Å². The molecule has 0 atom stereocenters. The molecule has 0 saturated carbocycles. The Morgan fingerprint density at radius 1 is 0.833 bits per heavy atom. The van der Waals surface area contributed by atoms with Crippen molar-refractivity contribution in [2.24, 2.45) is 0 Å². The molecule has 2 aromatic heterocycles. The van der Waals surface area contributed by atoms with Crippen molar-refractivity contribution < 1.29 is 38.1 Å². The van der Waals surface area contributed by atoms with E-state index >= 15 is 0 Å². The van der Waals surface area contributed by atoms with Gasteiger partial charge in [-0.3, -0.25) is 3.97 Å². The number of imidazole rings is 2. The summed E-state index contributed by atoms with van der Waals surface area (Å²) in [6.45, 7) is 4.04. The van der Waals surface area contributed by atoms with Crippen LogP contribution in [0.25, 0.3) is 11.1 Å². The van der Waals surface area contributed by atoms with Crippen molar-refractivity contribution in [2.75, 3.05) is 5.75 Å². The number of carboxylic acids is 3. The van der Waals surface area contributed by atoms with E-state index in [1.165, 1.54) is 47.2 Å². The van der Waals surface area contributed by atoms with Crippen molar-refractivity contribution in [3.8, 4) is 11.1 Å². The topological polar surface area (TPSA) is 182 Å². The number of nitrogens with zero attached hydrogens (tertiary/aromatic N) is 4. The summed E-state index contributed by atoms with van der Waals surface area (Å²) in [4.78, 5) is 42.5. The molecule has 5 rings (SSSR count). The Balaban J connectivity index is 0.000000401. The van der Waals surface area contributed by atoms with E-state index in [-0.39, 0.29) is 28.4 Å². The molecule has 3 aromatic carbocycles. The van der Waals surface area contributed by atoms with Crippen LogP contribution in [-0.2, 0) is 22.8 Å². The van der Waals surface area contributed by atoms with E-state index in [4.69, 9.17) is 5.11 Å². The third kappa shape index (κ3) is 8.19. The number of hydrogen-bond acceptors (Lipinski definition) is 8. The summed E-state index contributed by atoms with van der Waals surface area (Å²) in [6.07, 6.45) is 4.80. The van der Waals surface area contributed by atoms with Gasteiger partial charge in [0, 0.05) is 18.7 Å². The van der Waals surface area contributed by atoms with Gasteiger partial charge in [-0.1, -0.05) is 80.9 Å². The van der Waals surface area contributed by atoms with Gasteiger partial charge in [0.05, 0.1) is 16.7 Å². The second-order valence-corrected chi connectivity index (χ2v) is 13.5. The van der Waals surface area contributed by atoms with E-state index in [9.17, 15) is 33.0 Å². The van der Waals surface area contributed by atoms with Crippen molar-refractivity contribution in [3.63, 3.8) is 0 Å². The van der Waals surface area contributed by atoms with Crippen LogP contribution in [-0.4, -0.2) is 65.9 Å². The molecule has 0 bridgehead atoms. The number of carbonyl (C=O) groups is 3. The van der Waals surface area contributed by atoms with Crippen LogP contribution in [0, 0.1) is 0 Å². The van der Waals surface area contributed by atoms with Crippen LogP contribution in [0.15, 0.2) is 101 Å². The standard InChI is InChI=1S/C28H26N2O6S.C6H8N2O2S/c1-2-3-13-24-29-26(37(35,36)21-9-5-4-6-10-21)25(28(33)34)30(24)18-19-14-16-20(17-15-19)22-11-7-8-12-23(22)27(31)32;1-2-11-8-4-7-3-5(8)6(9)10/h4-12,14-17H,2-3,13,18H2,1H3,(H,31,32)(H,33,34);3-4H,2H2,1H3,(H,9,10). The van der Waals surface area contributed by atoms with Gasteiger partial charge < -0.3 is 19.9 Å². The SMILES string of the molecule is CCCCc1nc(S(=O)(=O)c2ccccc2)c(C(=O)O)n1Cc1ccc(-c2ccccc2C(=O)O)cc1.CCSn1cncc1C(=O)O. The van der Waals surface area contributed by atoms with Gasteiger partial charge in [-0.25, -0.2) is 32.8 Å². The van der Waals surface area contributed by atoms with Gasteiger partial charge in [0.1, 0.15) is 12.2 Å². The highest BCUT2D eigenvalue weighted by Crippen LogP contribution is 2.28. The van der Waals surface area contributed by atoms with Crippen molar-refractivity contribution in [1.82, 2.24) is 18.5 Å². The van der Waals surface area contributed by atoms with Crippen molar-refractivity contribution >= 4 is 39.7 Å². The van der Waals surface area contributed by atoms with Gasteiger partial charge in [0.25, 0.3) is 0 Å². The normalized spacial score (nSPS) is 11.0. The van der Waals surface area contributed by atoms with Crippen molar-refractivity contribution in [1.29, 1.82) is 0 Å². The number of benzene rings is 3. The van der Waals surface area contributed by atoms with Gasteiger partial charge in [-0.05, 0) is 53.3 Å². The van der Waals surface area contributed by atoms with Crippen molar-refractivity contribution in [2.45, 2.75) is 49.6 Å². The molecule has 0 fully saturated rings. The molecule has 0 radical (unpaired) electrons. The van der Waals surface area contributed by atoms with E-state index in [0.29, 0.717) is 29.8 Å². The van der Waals surface area contributed by atoms with Gasteiger partial charge in [-0.15, -0.1) is 0 Å². The highest BCUT2D eigenvalue weighted by molar-refractivity contribution is 7.97. The maximum atomic E-state index is 13.4. The number of aromatic carboxylic acids is 3. The van der Waals surface area contributed by atoms with Crippen LogP contribution < -0.4 is 0 Å². The van der Waals surface area contributed by atoms with Gasteiger partial charge in [-0.2, -0.15) is 0 Å². The van der Waals surface area contributed by atoms with Crippen LogP contribution >= 0.6 is 11.9 Å². The lowest BCUT2D eigenvalue weighted by Gasteiger charge is -2.12. The Hall–Kier alpha value is -5.21. The zero-order chi connectivity index (χ0) is 34.8. The van der Waals surface area contributed by atoms with E-state index in [1.54, 1.807) is 64.6 Å². The monoisotopic (exact) mass is 690 g/mol. The van der Waals surface area contributed by atoms with Crippen LogP contribution in [0.5, 0.6) is 0 Å². The molecule has 0 aliphatic rings. The fraction of sp³-hybridized carbons (Fsp3) is 0.206. The Bertz CT molecular complexity index is 2000. The summed E-state index contributed by atoms with van der Waals surface area (Å²) in [5.41, 5.74) is 2.00. The van der Waals surface area contributed by atoms with Crippen LogP contribution in [0.2, 0.25) is 0 Å². The second-order valence-electron chi connectivity index (χ2n) is 10.4. The molecule has 48 heavy (non-hydrogen) atoms. The highest BCUT2D eigenvalue weighted by Gasteiger charge is 2.32. The number of sulfone groups is 1. The molecule has 0 aliphatic carbocycles. The first-order chi connectivity index (χ1) is 23.0. The molecule has 0 unspecified atom stereocenters. The van der Waals surface area contributed by atoms with Gasteiger partial charge in [0.2, 0.25) is 9.84 Å². The second kappa shape index (κ2) is 16.1. The quantitative estimate of drug-likeness (QED) is 0.127. The van der Waals surface area contributed by atoms with E-state index in [1.807, 2.05) is 13.8 Å². The Kier molecular flexibility index (Phi) is 11.9. The molecule has 2 heterocycles. The molecule has 12 nitrogen and oxygen atoms in total.